The Morgan fingerprint density at radius 2 is 1.76 bits per heavy atom. The summed E-state index contributed by atoms with van der Waals surface area (Å²) in [5.74, 6) is 0.0876. The second kappa shape index (κ2) is 8.39. The molecular weight excluding hydrogens is 344 g/mol. The Balaban J connectivity index is 2.03. The highest BCUT2D eigenvalue weighted by molar-refractivity contribution is 6.32. The minimum Gasteiger partial charge on any atom is -0.495 e. The largest absolute Gasteiger partial charge is 0.495 e. The van der Waals surface area contributed by atoms with Crippen molar-refractivity contribution in [3.63, 3.8) is 0 Å². The second-order valence-corrected chi connectivity index (χ2v) is 5.64. The van der Waals surface area contributed by atoms with Crippen LogP contribution in [0.1, 0.15) is 15.9 Å². The second-order valence-electron chi connectivity index (χ2n) is 5.23. The Bertz CT molecular complexity index is 793. The van der Waals surface area contributed by atoms with Crippen molar-refractivity contribution >= 4 is 29.1 Å². The number of aryl methyl sites for hydroxylation is 1. The molecule has 0 saturated heterocycles. The minimum absolute atomic E-state index is 0.179. The van der Waals surface area contributed by atoms with Gasteiger partial charge in [-0.15, -0.1) is 0 Å². The highest BCUT2D eigenvalue weighted by atomic mass is 35.5. The molecule has 0 aliphatic carbocycles. The topological polar surface area (TPSA) is 76.7 Å². The normalized spacial score (nSPS) is 10.1. The van der Waals surface area contributed by atoms with Crippen LogP contribution in [0.4, 0.5) is 5.69 Å². The molecule has 6 nitrogen and oxygen atoms in total. The molecule has 132 valence electrons. The monoisotopic (exact) mass is 362 g/mol. The lowest BCUT2D eigenvalue weighted by atomic mass is 10.1. The van der Waals surface area contributed by atoms with Gasteiger partial charge in [0, 0.05) is 17.7 Å². The predicted molar refractivity (Wildman–Crippen MR) is 96.7 cm³/mol. The van der Waals surface area contributed by atoms with Gasteiger partial charge in [-0.1, -0.05) is 29.8 Å². The molecule has 2 aromatic rings. The summed E-state index contributed by atoms with van der Waals surface area (Å²) in [5.41, 5.74) is 1.77. The molecule has 0 saturated carbocycles. The average Bonchev–Trinajstić information content (AvgIpc) is 2.61. The molecule has 0 bridgehead atoms. The number of amides is 2. The molecule has 0 unspecified atom stereocenters. The van der Waals surface area contributed by atoms with Gasteiger partial charge in [0.05, 0.1) is 31.5 Å². The molecular formula is C18H19ClN2O4. The molecule has 0 aliphatic rings. The average molecular weight is 363 g/mol. The van der Waals surface area contributed by atoms with E-state index in [-0.39, 0.29) is 12.5 Å². The van der Waals surface area contributed by atoms with Crippen molar-refractivity contribution < 1.29 is 19.1 Å². The van der Waals surface area contributed by atoms with Gasteiger partial charge in [-0.25, -0.2) is 0 Å². The standard InChI is InChI=1S/C18H19ClN2O4/c1-11-6-4-5-7-12(11)18(23)20-10-17(22)21-14-9-15(24-2)13(19)8-16(14)25-3/h4-9H,10H2,1-3H3,(H,20,23)(H,21,22). The number of hydrogen-bond donors (Lipinski definition) is 2. The number of carbonyl (C=O) groups is 2. The van der Waals surface area contributed by atoms with Crippen molar-refractivity contribution in [3.8, 4) is 11.5 Å². The summed E-state index contributed by atoms with van der Waals surface area (Å²) in [4.78, 5) is 24.3. The van der Waals surface area contributed by atoms with E-state index in [0.29, 0.717) is 27.8 Å². The SMILES string of the molecule is COc1cc(NC(=O)CNC(=O)c2ccccc2C)c(OC)cc1Cl. The zero-order valence-electron chi connectivity index (χ0n) is 14.2. The minimum atomic E-state index is -0.399. The molecule has 0 fully saturated rings. The van der Waals surface area contributed by atoms with Gasteiger partial charge in [-0.05, 0) is 18.6 Å². The fourth-order valence-electron chi connectivity index (χ4n) is 2.24. The summed E-state index contributed by atoms with van der Waals surface area (Å²) in [7, 11) is 2.94. The molecule has 0 aliphatic heterocycles. The molecule has 2 aromatic carbocycles. The quantitative estimate of drug-likeness (QED) is 0.828. The van der Waals surface area contributed by atoms with Crippen LogP contribution >= 0.6 is 11.6 Å². The predicted octanol–water partition coefficient (Wildman–Crippen LogP) is 3.03. The maximum Gasteiger partial charge on any atom is 0.251 e. The summed E-state index contributed by atoms with van der Waals surface area (Å²) in [6.45, 7) is 1.65. The number of halogens is 1. The first-order valence-electron chi connectivity index (χ1n) is 7.51. The third kappa shape index (κ3) is 4.64. The fourth-order valence-corrected chi connectivity index (χ4v) is 2.47. The molecule has 0 aromatic heterocycles. The van der Waals surface area contributed by atoms with Gasteiger partial charge >= 0.3 is 0 Å². The third-order valence-corrected chi connectivity index (χ3v) is 3.84. The van der Waals surface area contributed by atoms with Crippen LogP contribution in [0, 0.1) is 6.92 Å². The van der Waals surface area contributed by atoms with E-state index < -0.39 is 5.91 Å². The van der Waals surface area contributed by atoms with Crippen LogP contribution in [0.5, 0.6) is 11.5 Å². The van der Waals surface area contributed by atoms with Gasteiger partial charge in [0.2, 0.25) is 5.91 Å². The Morgan fingerprint density at radius 1 is 1.08 bits per heavy atom. The van der Waals surface area contributed by atoms with Crippen LogP contribution in [0.25, 0.3) is 0 Å². The molecule has 0 heterocycles. The van der Waals surface area contributed by atoms with E-state index >= 15 is 0 Å². The summed E-state index contributed by atoms with van der Waals surface area (Å²) in [6.07, 6.45) is 0. The highest BCUT2D eigenvalue weighted by Gasteiger charge is 2.14. The zero-order chi connectivity index (χ0) is 18.4. The van der Waals surface area contributed by atoms with Crippen LogP contribution in [-0.4, -0.2) is 32.6 Å². The van der Waals surface area contributed by atoms with Crippen molar-refractivity contribution in [2.75, 3.05) is 26.1 Å². The van der Waals surface area contributed by atoms with Crippen molar-refractivity contribution in [1.29, 1.82) is 0 Å². The molecule has 7 heteroatoms. The summed E-state index contributed by atoms with van der Waals surface area (Å²) < 4.78 is 10.3. The van der Waals surface area contributed by atoms with Gasteiger partial charge in [-0.3, -0.25) is 9.59 Å². The van der Waals surface area contributed by atoms with E-state index in [0.717, 1.165) is 5.56 Å². The molecule has 2 N–H and O–H groups in total. The Kier molecular flexibility index (Phi) is 6.25. The number of hydrogen-bond acceptors (Lipinski definition) is 4. The van der Waals surface area contributed by atoms with Crippen LogP contribution in [0.3, 0.4) is 0 Å². The summed E-state index contributed by atoms with van der Waals surface area (Å²) in [5, 5.41) is 5.62. The maximum atomic E-state index is 12.1. The van der Waals surface area contributed by atoms with E-state index in [9.17, 15) is 9.59 Å². The van der Waals surface area contributed by atoms with E-state index in [4.69, 9.17) is 21.1 Å². The number of anilines is 1. The molecule has 0 spiro atoms. The highest BCUT2D eigenvalue weighted by Crippen LogP contribution is 2.35. The van der Waals surface area contributed by atoms with E-state index in [1.54, 1.807) is 24.3 Å². The van der Waals surface area contributed by atoms with Crippen molar-refractivity contribution in [3.05, 3.63) is 52.5 Å². The van der Waals surface area contributed by atoms with E-state index in [2.05, 4.69) is 10.6 Å². The maximum absolute atomic E-state index is 12.1. The molecule has 2 rings (SSSR count). The Morgan fingerprint density at radius 3 is 2.40 bits per heavy atom. The molecule has 0 atom stereocenters. The zero-order valence-corrected chi connectivity index (χ0v) is 14.9. The van der Waals surface area contributed by atoms with Gasteiger partial charge < -0.3 is 20.1 Å². The lowest BCUT2D eigenvalue weighted by Crippen LogP contribution is -2.33. The number of methoxy groups -OCH3 is 2. The number of benzene rings is 2. The number of ether oxygens (including phenoxy) is 2. The smallest absolute Gasteiger partial charge is 0.251 e. The lowest BCUT2D eigenvalue weighted by Gasteiger charge is -2.13. The molecule has 0 radical (unpaired) electrons. The summed E-state index contributed by atoms with van der Waals surface area (Å²) >= 11 is 6.03. The fraction of sp³-hybridized carbons (Fsp3) is 0.222. The third-order valence-electron chi connectivity index (χ3n) is 3.55. The van der Waals surface area contributed by atoms with Crippen LogP contribution < -0.4 is 20.1 Å². The van der Waals surface area contributed by atoms with Crippen molar-refractivity contribution in [1.82, 2.24) is 5.32 Å². The number of nitrogens with one attached hydrogen (secondary N) is 2. The summed E-state index contributed by atoms with van der Waals surface area (Å²) in [6, 6.07) is 10.3. The van der Waals surface area contributed by atoms with E-state index in [1.165, 1.54) is 14.2 Å². The van der Waals surface area contributed by atoms with Gasteiger partial charge in [0.15, 0.2) is 0 Å². The van der Waals surface area contributed by atoms with Crippen LogP contribution in [0.15, 0.2) is 36.4 Å². The molecule has 25 heavy (non-hydrogen) atoms. The number of rotatable bonds is 6. The first kappa shape index (κ1) is 18.6. The van der Waals surface area contributed by atoms with Crippen molar-refractivity contribution in [2.24, 2.45) is 0 Å². The van der Waals surface area contributed by atoms with E-state index in [1.807, 2.05) is 19.1 Å². The number of carbonyl (C=O) groups excluding carboxylic acids is 2. The Labute approximate surface area is 151 Å². The van der Waals surface area contributed by atoms with Gasteiger partial charge in [0.25, 0.3) is 5.91 Å². The van der Waals surface area contributed by atoms with Crippen LogP contribution in [-0.2, 0) is 4.79 Å². The first-order chi connectivity index (χ1) is 12.0. The van der Waals surface area contributed by atoms with Gasteiger partial charge in [-0.2, -0.15) is 0 Å². The lowest BCUT2D eigenvalue weighted by molar-refractivity contribution is -0.115. The van der Waals surface area contributed by atoms with Crippen LogP contribution in [0.2, 0.25) is 5.02 Å². The molecule has 2 amide bonds. The Hall–Kier alpha value is -2.73. The first-order valence-corrected chi connectivity index (χ1v) is 7.89. The van der Waals surface area contributed by atoms with Crippen molar-refractivity contribution in [2.45, 2.75) is 6.92 Å². The van der Waals surface area contributed by atoms with Gasteiger partial charge in [0.1, 0.15) is 11.5 Å².